The van der Waals surface area contributed by atoms with E-state index in [0.29, 0.717) is 25.7 Å². The molecule has 0 aromatic heterocycles. The quantitative estimate of drug-likeness (QED) is 0.788. The van der Waals surface area contributed by atoms with Crippen LogP contribution in [0.15, 0.2) is 18.2 Å². The third-order valence-corrected chi connectivity index (χ3v) is 3.43. The standard InChI is InChI=1S/C15H20F2N2O2/c16-13-3-2-11(10-14(13)17)15(20)19-6-1-9-21-12-4-7-18-8-5-12/h2-3,10,12,18H,1,4-9H2,(H,19,20). The van der Waals surface area contributed by atoms with E-state index >= 15 is 0 Å². The molecule has 0 radical (unpaired) electrons. The molecule has 1 heterocycles. The van der Waals surface area contributed by atoms with Crippen LogP contribution in [0.25, 0.3) is 0 Å². The lowest BCUT2D eigenvalue weighted by atomic mass is 10.1. The Labute approximate surface area is 122 Å². The molecule has 1 saturated heterocycles. The molecule has 4 nitrogen and oxygen atoms in total. The minimum absolute atomic E-state index is 0.119. The number of halogens is 2. The first-order valence-corrected chi connectivity index (χ1v) is 7.22. The highest BCUT2D eigenvalue weighted by Crippen LogP contribution is 2.09. The fourth-order valence-corrected chi connectivity index (χ4v) is 2.23. The van der Waals surface area contributed by atoms with Gasteiger partial charge in [-0.1, -0.05) is 0 Å². The molecule has 2 rings (SSSR count). The predicted molar refractivity (Wildman–Crippen MR) is 75.2 cm³/mol. The summed E-state index contributed by atoms with van der Waals surface area (Å²) in [5.41, 5.74) is 0.119. The van der Waals surface area contributed by atoms with Crippen molar-refractivity contribution in [3.63, 3.8) is 0 Å². The van der Waals surface area contributed by atoms with Gasteiger partial charge in [-0.05, 0) is 50.6 Å². The minimum Gasteiger partial charge on any atom is -0.378 e. The number of hydrogen-bond donors (Lipinski definition) is 2. The second kappa shape index (κ2) is 8.05. The first kappa shape index (κ1) is 15.9. The number of nitrogens with one attached hydrogen (secondary N) is 2. The zero-order valence-corrected chi connectivity index (χ0v) is 11.8. The van der Waals surface area contributed by atoms with Gasteiger partial charge in [0, 0.05) is 18.7 Å². The number of carbonyl (C=O) groups is 1. The second-order valence-corrected chi connectivity index (χ2v) is 5.06. The van der Waals surface area contributed by atoms with Crippen molar-refractivity contribution in [2.24, 2.45) is 0 Å². The number of amides is 1. The Morgan fingerprint density at radius 1 is 1.29 bits per heavy atom. The average molecular weight is 298 g/mol. The maximum absolute atomic E-state index is 13.0. The Morgan fingerprint density at radius 2 is 2.05 bits per heavy atom. The third-order valence-electron chi connectivity index (χ3n) is 3.43. The molecule has 1 aromatic carbocycles. The van der Waals surface area contributed by atoms with Crippen molar-refractivity contribution in [1.29, 1.82) is 0 Å². The van der Waals surface area contributed by atoms with Crippen LogP contribution in [0.2, 0.25) is 0 Å². The Bertz CT molecular complexity index is 477. The Balaban J connectivity index is 1.63. The van der Waals surface area contributed by atoms with Gasteiger partial charge in [-0.2, -0.15) is 0 Å². The van der Waals surface area contributed by atoms with Crippen molar-refractivity contribution < 1.29 is 18.3 Å². The van der Waals surface area contributed by atoms with Crippen LogP contribution in [-0.4, -0.2) is 38.3 Å². The number of piperidine rings is 1. The molecule has 6 heteroatoms. The van der Waals surface area contributed by atoms with Crippen LogP contribution in [0.1, 0.15) is 29.6 Å². The number of hydrogen-bond acceptors (Lipinski definition) is 3. The fourth-order valence-electron chi connectivity index (χ4n) is 2.23. The Kier molecular flexibility index (Phi) is 6.07. The Hall–Kier alpha value is -1.53. The molecular weight excluding hydrogens is 278 g/mol. The molecule has 0 unspecified atom stereocenters. The van der Waals surface area contributed by atoms with Crippen LogP contribution in [0.3, 0.4) is 0 Å². The lowest BCUT2D eigenvalue weighted by molar-refractivity contribution is 0.0318. The average Bonchev–Trinajstić information content (AvgIpc) is 2.50. The molecular formula is C15H20F2N2O2. The third kappa shape index (κ3) is 5.06. The topological polar surface area (TPSA) is 50.4 Å². The molecule has 0 spiro atoms. The molecule has 0 aliphatic carbocycles. The molecule has 1 fully saturated rings. The summed E-state index contributed by atoms with van der Waals surface area (Å²) >= 11 is 0. The van der Waals surface area contributed by atoms with Gasteiger partial charge in [0.05, 0.1) is 6.10 Å². The highest BCUT2D eigenvalue weighted by Gasteiger charge is 2.13. The molecule has 116 valence electrons. The summed E-state index contributed by atoms with van der Waals surface area (Å²) in [7, 11) is 0. The van der Waals surface area contributed by atoms with Gasteiger partial charge in [0.1, 0.15) is 0 Å². The van der Waals surface area contributed by atoms with E-state index in [9.17, 15) is 13.6 Å². The van der Waals surface area contributed by atoms with Gasteiger partial charge in [0.15, 0.2) is 11.6 Å². The summed E-state index contributed by atoms with van der Waals surface area (Å²) in [5.74, 6) is -2.38. The van der Waals surface area contributed by atoms with Gasteiger partial charge in [-0.3, -0.25) is 4.79 Å². The molecule has 0 atom stereocenters. The molecule has 1 aromatic rings. The zero-order chi connectivity index (χ0) is 15.1. The van der Waals surface area contributed by atoms with E-state index in [1.54, 1.807) is 0 Å². The normalized spacial score (nSPS) is 15.9. The summed E-state index contributed by atoms with van der Waals surface area (Å²) in [6.45, 7) is 3.00. The van der Waals surface area contributed by atoms with Crippen LogP contribution in [0, 0.1) is 11.6 Å². The lowest BCUT2D eigenvalue weighted by Crippen LogP contribution is -2.33. The number of carbonyl (C=O) groups excluding carboxylic acids is 1. The summed E-state index contributed by atoms with van der Waals surface area (Å²) in [6.07, 6.45) is 3.02. The molecule has 1 aliphatic rings. The monoisotopic (exact) mass is 298 g/mol. The van der Waals surface area contributed by atoms with Crippen molar-refractivity contribution in [3.05, 3.63) is 35.4 Å². The summed E-state index contributed by atoms with van der Waals surface area (Å²) in [4.78, 5) is 11.7. The second-order valence-electron chi connectivity index (χ2n) is 5.06. The minimum atomic E-state index is -1.02. The molecule has 0 bridgehead atoms. The van der Waals surface area contributed by atoms with Crippen molar-refractivity contribution in [1.82, 2.24) is 10.6 Å². The van der Waals surface area contributed by atoms with E-state index in [2.05, 4.69) is 10.6 Å². The number of rotatable bonds is 6. The van der Waals surface area contributed by atoms with Gasteiger partial charge in [0.25, 0.3) is 5.91 Å². The van der Waals surface area contributed by atoms with Crippen LogP contribution in [0.5, 0.6) is 0 Å². The summed E-state index contributed by atoms with van der Waals surface area (Å²) < 4.78 is 31.5. The predicted octanol–water partition coefficient (Wildman–Crippen LogP) is 1.85. The zero-order valence-electron chi connectivity index (χ0n) is 11.8. The van der Waals surface area contributed by atoms with Crippen molar-refractivity contribution in [2.75, 3.05) is 26.2 Å². The first-order valence-electron chi connectivity index (χ1n) is 7.22. The van der Waals surface area contributed by atoms with Crippen LogP contribution < -0.4 is 10.6 Å². The molecule has 0 saturated carbocycles. The van der Waals surface area contributed by atoms with Gasteiger partial charge in [-0.25, -0.2) is 8.78 Å². The van der Waals surface area contributed by atoms with E-state index in [-0.39, 0.29) is 5.56 Å². The van der Waals surface area contributed by atoms with E-state index in [1.807, 2.05) is 0 Å². The van der Waals surface area contributed by atoms with Crippen molar-refractivity contribution in [2.45, 2.75) is 25.4 Å². The van der Waals surface area contributed by atoms with E-state index in [4.69, 9.17) is 4.74 Å². The van der Waals surface area contributed by atoms with Crippen LogP contribution >= 0.6 is 0 Å². The van der Waals surface area contributed by atoms with Gasteiger partial charge >= 0.3 is 0 Å². The summed E-state index contributed by atoms with van der Waals surface area (Å²) in [6, 6.07) is 3.11. The molecule has 2 N–H and O–H groups in total. The SMILES string of the molecule is O=C(NCCCOC1CCNCC1)c1ccc(F)c(F)c1. The van der Waals surface area contributed by atoms with Gasteiger partial charge < -0.3 is 15.4 Å². The maximum Gasteiger partial charge on any atom is 0.251 e. The molecule has 1 amide bonds. The smallest absolute Gasteiger partial charge is 0.251 e. The number of benzene rings is 1. The largest absolute Gasteiger partial charge is 0.378 e. The van der Waals surface area contributed by atoms with Crippen molar-refractivity contribution >= 4 is 5.91 Å². The fraction of sp³-hybridized carbons (Fsp3) is 0.533. The lowest BCUT2D eigenvalue weighted by Gasteiger charge is -2.22. The molecule has 21 heavy (non-hydrogen) atoms. The van der Waals surface area contributed by atoms with E-state index in [1.165, 1.54) is 6.07 Å². The highest BCUT2D eigenvalue weighted by molar-refractivity contribution is 5.94. The van der Waals surface area contributed by atoms with Crippen molar-refractivity contribution in [3.8, 4) is 0 Å². The maximum atomic E-state index is 13.0. The molecule has 1 aliphatic heterocycles. The summed E-state index contributed by atoms with van der Waals surface area (Å²) in [5, 5.41) is 5.93. The van der Waals surface area contributed by atoms with E-state index in [0.717, 1.165) is 38.1 Å². The van der Waals surface area contributed by atoms with Gasteiger partial charge in [-0.15, -0.1) is 0 Å². The van der Waals surface area contributed by atoms with Crippen LogP contribution in [0.4, 0.5) is 8.78 Å². The number of ether oxygens (including phenoxy) is 1. The van der Waals surface area contributed by atoms with Gasteiger partial charge in [0.2, 0.25) is 0 Å². The Morgan fingerprint density at radius 3 is 2.76 bits per heavy atom. The van der Waals surface area contributed by atoms with Crippen LogP contribution in [-0.2, 0) is 4.74 Å². The van der Waals surface area contributed by atoms with E-state index < -0.39 is 17.5 Å². The first-order chi connectivity index (χ1) is 10.2. The highest BCUT2D eigenvalue weighted by atomic mass is 19.2.